The van der Waals surface area contributed by atoms with E-state index in [4.69, 9.17) is 4.74 Å². The van der Waals surface area contributed by atoms with Crippen LogP contribution >= 0.6 is 11.3 Å². The molecule has 1 unspecified atom stereocenters. The Morgan fingerprint density at radius 3 is 2.58 bits per heavy atom. The van der Waals surface area contributed by atoms with Gasteiger partial charge in [0.2, 0.25) is 0 Å². The van der Waals surface area contributed by atoms with Gasteiger partial charge in [0.25, 0.3) is 0 Å². The summed E-state index contributed by atoms with van der Waals surface area (Å²) in [6.45, 7) is 4.18. The number of hydrogen-bond donors (Lipinski definition) is 2. The van der Waals surface area contributed by atoms with Crippen molar-refractivity contribution in [3.8, 4) is 11.5 Å². The third-order valence-corrected chi connectivity index (χ3v) is 4.23. The van der Waals surface area contributed by atoms with E-state index in [1.807, 2.05) is 25.1 Å². The summed E-state index contributed by atoms with van der Waals surface area (Å²) in [6, 6.07) is 9.90. The van der Waals surface area contributed by atoms with Crippen molar-refractivity contribution in [1.29, 1.82) is 0 Å². The fourth-order valence-electron chi connectivity index (χ4n) is 2.10. The average Bonchev–Trinajstić information content (AvgIpc) is 2.92. The minimum atomic E-state index is 0.0722. The van der Waals surface area contributed by atoms with Crippen LogP contribution in [-0.2, 0) is 0 Å². The number of thiophene rings is 1. The first-order valence-electron chi connectivity index (χ1n) is 6.28. The van der Waals surface area contributed by atoms with Crippen LogP contribution in [0.2, 0.25) is 0 Å². The predicted molar refractivity (Wildman–Crippen MR) is 78.9 cm³/mol. The molecule has 0 aliphatic heterocycles. The monoisotopic (exact) mass is 277 g/mol. The summed E-state index contributed by atoms with van der Waals surface area (Å²) in [5.74, 6) is 0.928. The molecule has 3 nitrogen and oxygen atoms in total. The number of methoxy groups -OCH3 is 1. The van der Waals surface area contributed by atoms with Gasteiger partial charge in [0.15, 0.2) is 0 Å². The number of benzene rings is 1. The molecule has 2 atom stereocenters. The first-order valence-corrected chi connectivity index (χ1v) is 7.16. The van der Waals surface area contributed by atoms with Crippen LogP contribution in [0.4, 0.5) is 0 Å². The van der Waals surface area contributed by atoms with Gasteiger partial charge >= 0.3 is 0 Å². The van der Waals surface area contributed by atoms with Gasteiger partial charge in [-0.3, -0.25) is 0 Å². The molecule has 0 amide bonds. The average molecular weight is 277 g/mol. The molecule has 0 saturated heterocycles. The molecule has 19 heavy (non-hydrogen) atoms. The molecule has 2 rings (SSSR count). The Hall–Kier alpha value is -1.52. The molecule has 0 bridgehead atoms. The van der Waals surface area contributed by atoms with E-state index >= 15 is 0 Å². The molecule has 2 aromatic rings. The van der Waals surface area contributed by atoms with Gasteiger partial charge in [-0.05, 0) is 31.4 Å². The Balaban J connectivity index is 2.09. The summed E-state index contributed by atoms with van der Waals surface area (Å²) in [5.41, 5.74) is 0.879. The highest BCUT2D eigenvalue weighted by atomic mass is 32.1. The molecule has 0 aliphatic carbocycles. The lowest BCUT2D eigenvalue weighted by Crippen LogP contribution is -2.21. The van der Waals surface area contributed by atoms with Crippen LogP contribution in [0.15, 0.2) is 35.7 Å². The molecular formula is C15H19NO2S. The maximum Gasteiger partial charge on any atom is 0.124 e. The van der Waals surface area contributed by atoms with E-state index in [1.165, 1.54) is 4.88 Å². The van der Waals surface area contributed by atoms with E-state index in [0.717, 1.165) is 5.56 Å². The van der Waals surface area contributed by atoms with Crippen molar-refractivity contribution >= 4 is 11.3 Å². The molecule has 1 heterocycles. The Morgan fingerprint density at radius 1 is 1.21 bits per heavy atom. The molecule has 0 fully saturated rings. The Morgan fingerprint density at radius 2 is 2.00 bits per heavy atom. The van der Waals surface area contributed by atoms with Gasteiger partial charge in [-0.2, -0.15) is 0 Å². The van der Waals surface area contributed by atoms with Crippen molar-refractivity contribution in [2.45, 2.75) is 25.9 Å². The van der Waals surface area contributed by atoms with Crippen LogP contribution in [0.3, 0.4) is 0 Å². The number of hydrogen-bond acceptors (Lipinski definition) is 4. The fourth-order valence-corrected chi connectivity index (χ4v) is 2.84. The van der Waals surface area contributed by atoms with Crippen LogP contribution in [-0.4, -0.2) is 12.2 Å². The minimum Gasteiger partial charge on any atom is -0.507 e. The summed E-state index contributed by atoms with van der Waals surface area (Å²) >= 11 is 1.73. The number of nitrogens with one attached hydrogen (secondary N) is 1. The second kappa shape index (κ2) is 6.08. The van der Waals surface area contributed by atoms with E-state index in [0.29, 0.717) is 5.75 Å². The zero-order valence-corrected chi connectivity index (χ0v) is 12.2. The standard InChI is InChI=1S/C15H19NO2S/c1-10(16-11(2)15-5-4-8-19-15)13-7-6-12(18-3)9-14(13)17/h4-11,16-17H,1-3H3/t10?,11-/m1/s1. The lowest BCUT2D eigenvalue weighted by Gasteiger charge is -2.20. The van der Waals surface area contributed by atoms with Crippen molar-refractivity contribution < 1.29 is 9.84 Å². The van der Waals surface area contributed by atoms with E-state index in [-0.39, 0.29) is 17.8 Å². The van der Waals surface area contributed by atoms with E-state index < -0.39 is 0 Å². The molecule has 1 aromatic heterocycles. The summed E-state index contributed by atoms with van der Waals surface area (Å²) < 4.78 is 5.09. The van der Waals surface area contributed by atoms with Crippen LogP contribution in [0.5, 0.6) is 11.5 Å². The number of rotatable bonds is 5. The molecule has 0 radical (unpaired) electrons. The molecule has 2 N–H and O–H groups in total. The molecule has 0 aliphatic rings. The van der Waals surface area contributed by atoms with Gasteiger partial charge in [0.1, 0.15) is 11.5 Å². The fraction of sp³-hybridized carbons (Fsp3) is 0.333. The lowest BCUT2D eigenvalue weighted by molar-refractivity contribution is 0.402. The van der Waals surface area contributed by atoms with Crippen LogP contribution in [0.1, 0.15) is 36.4 Å². The van der Waals surface area contributed by atoms with Gasteiger partial charge in [-0.25, -0.2) is 0 Å². The zero-order valence-electron chi connectivity index (χ0n) is 11.4. The third-order valence-electron chi connectivity index (χ3n) is 3.17. The molecule has 1 aromatic carbocycles. The summed E-state index contributed by atoms with van der Waals surface area (Å²) in [7, 11) is 1.59. The molecular weight excluding hydrogens is 258 g/mol. The minimum absolute atomic E-state index is 0.0722. The van der Waals surface area contributed by atoms with Crippen LogP contribution in [0, 0.1) is 0 Å². The number of phenolic OH excluding ortho intramolecular Hbond substituents is 1. The first-order chi connectivity index (χ1) is 9.11. The van der Waals surface area contributed by atoms with Gasteiger partial charge in [0.05, 0.1) is 7.11 Å². The van der Waals surface area contributed by atoms with E-state index in [2.05, 4.69) is 23.7 Å². The SMILES string of the molecule is COc1ccc(C(C)N[C@H](C)c2cccs2)c(O)c1. The van der Waals surface area contributed by atoms with Crippen molar-refractivity contribution in [2.75, 3.05) is 7.11 Å². The van der Waals surface area contributed by atoms with Crippen molar-refractivity contribution in [1.82, 2.24) is 5.32 Å². The Kier molecular flexibility index (Phi) is 4.45. The van der Waals surface area contributed by atoms with E-state index in [9.17, 15) is 5.11 Å². The molecule has 0 spiro atoms. The highest BCUT2D eigenvalue weighted by Crippen LogP contribution is 2.30. The highest BCUT2D eigenvalue weighted by Gasteiger charge is 2.15. The number of ether oxygens (including phenoxy) is 1. The third kappa shape index (κ3) is 3.28. The van der Waals surface area contributed by atoms with Gasteiger partial charge < -0.3 is 15.2 Å². The Labute approximate surface area is 117 Å². The van der Waals surface area contributed by atoms with Gasteiger partial charge in [-0.1, -0.05) is 12.1 Å². The molecule has 0 saturated carbocycles. The zero-order chi connectivity index (χ0) is 13.8. The first kappa shape index (κ1) is 13.9. The van der Waals surface area contributed by atoms with Crippen molar-refractivity contribution in [3.05, 3.63) is 46.2 Å². The topological polar surface area (TPSA) is 41.5 Å². The molecule has 102 valence electrons. The van der Waals surface area contributed by atoms with Crippen molar-refractivity contribution in [3.63, 3.8) is 0 Å². The number of aromatic hydroxyl groups is 1. The summed E-state index contributed by atoms with van der Waals surface area (Å²) in [6.07, 6.45) is 0. The predicted octanol–water partition coefficient (Wildman–Crippen LogP) is 3.87. The summed E-state index contributed by atoms with van der Waals surface area (Å²) in [4.78, 5) is 1.29. The number of phenols is 1. The summed E-state index contributed by atoms with van der Waals surface area (Å²) in [5, 5.41) is 15.6. The maximum absolute atomic E-state index is 10.0. The van der Waals surface area contributed by atoms with Gasteiger partial charge in [0, 0.05) is 28.6 Å². The normalized spacial score (nSPS) is 14.1. The van der Waals surface area contributed by atoms with Gasteiger partial charge in [-0.15, -0.1) is 11.3 Å². The molecule has 4 heteroatoms. The van der Waals surface area contributed by atoms with E-state index in [1.54, 1.807) is 24.5 Å². The quantitative estimate of drug-likeness (QED) is 0.871. The largest absolute Gasteiger partial charge is 0.507 e. The second-order valence-corrected chi connectivity index (χ2v) is 5.53. The second-order valence-electron chi connectivity index (χ2n) is 4.55. The highest BCUT2D eigenvalue weighted by molar-refractivity contribution is 7.10. The Bertz CT molecular complexity index is 525. The lowest BCUT2D eigenvalue weighted by atomic mass is 10.1. The van der Waals surface area contributed by atoms with Crippen LogP contribution < -0.4 is 10.1 Å². The maximum atomic E-state index is 10.0. The van der Waals surface area contributed by atoms with Crippen molar-refractivity contribution in [2.24, 2.45) is 0 Å². The van der Waals surface area contributed by atoms with Crippen LogP contribution in [0.25, 0.3) is 0 Å². The smallest absolute Gasteiger partial charge is 0.124 e.